The van der Waals surface area contributed by atoms with Crippen LogP contribution >= 0.6 is 0 Å². The Morgan fingerprint density at radius 1 is 1.23 bits per heavy atom. The van der Waals surface area contributed by atoms with E-state index >= 15 is 0 Å². The van der Waals surface area contributed by atoms with Gasteiger partial charge < -0.3 is 10.1 Å². The summed E-state index contributed by atoms with van der Waals surface area (Å²) >= 11 is 0. The Kier molecular flexibility index (Phi) is 4.60. The zero-order valence-corrected chi connectivity index (χ0v) is 12.8. The maximum absolute atomic E-state index is 11.8. The number of hydrogen-bond acceptors (Lipinski definition) is 4. The Labute approximate surface area is 128 Å². The number of benzene rings is 1. The Morgan fingerprint density at radius 3 is 2.50 bits per heavy atom. The molecule has 6 nitrogen and oxygen atoms in total. The van der Waals surface area contributed by atoms with Crippen molar-refractivity contribution in [3.8, 4) is 5.88 Å². The minimum Gasteiger partial charge on any atom is -0.469 e. The number of anilines is 1. The summed E-state index contributed by atoms with van der Waals surface area (Å²) in [6.07, 6.45) is 1.32. The summed E-state index contributed by atoms with van der Waals surface area (Å²) in [6.45, 7) is 6.19. The lowest BCUT2D eigenvalue weighted by atomic mass is 9.87. The number of aromatic nitrogens is 2. The second kappa shape index (κ2) is 6.43. The van der Waals surface area contributed by atoms with E-state index in [0.29, 0.717) is 5.69 Å². The van der Waals surface area contributed by atoms with Gasteiger partial charge in [-0.2, -0.15) is 0 Å². The van der Waals surface area contributed by atoms with Crippen molar-refractivity contribution < 1.29 is 9.53 Å². The molecule has 0 saturated carbocycles. The molecule has 0 spiro atoms. The molecule has 1 aromatic heterocycles. The SMILES string of the molecule is CC(C)(C)c1ccc(NC(=O)COc2ccnc(=O)[nH]2)cc1. The average molecular weight is 301 g/mol. The summed E-state index contributed by atoms with van der Waals surface area (Å²) in [6, 6.07) is 9.15. The van der Waals surface area contributed by atoms with Gasteiger partial charge in [0.05, 0.1) is 0 Å². The van der Waals surface area contributed by atoms with Gasteiger partial charge in [-0.25, -0.2) is 9.78 Å². The number of carbonyl (C=O) groups excluding carboxylic acids is 1. The first kappa shape index (κ1) is 15.8. The van der Waals surface area contributed by atoms with Crippen molar-refractivity contribution >= 4 is 11.6 Å². The second-order valence-corrected chi connectivity index (χ2v) is 5.90. The van der Waals surface area contributed by atoms with E-state index in [1.54, 1.807) is 0 Å². The smallest absolute Gasteiger partial charge is 0.347 e. The van der Waals surface area contributed by atoms with Crippen LogP contribution in [0.25, 0.3) is 0 Å². The highest BCUT2D eigenvalue weighted by molar-refractivity contribution is 5.91. The van der Waals surface area contributed by atoms with Crippen molar-refractivity contribution in [1.82, 2.24) is 9.97 Å². The van der Waals surface area contributed by atoms with Gasteiger partial charge in [-0.15, -0.1) is 0 Å². The summed E-state index contributed by atoms with van der Waals surface area (Å²) < 4.78 is 5.19. The molecule has 0 fully saturated rings. The quantitative estimate of drug-likeness (QED) is 0.905. The zero-order chi connectivity index (χ0) is 16.2. The Balaban J connectivity index is 1.91. The standard InChI is InChI=1S/C16H19N3O3/c1-16(2,3)11-4-6-12(7-5-11)18-13(20)10-22-14-8-9-17-15(21)19-14/h4-9H,10H2,1-3H3,(H,18,20)(H,17,19,21). The molecule has 0 saturated heterocycles. The van der Waals surface area contributed by atoms with Gasteiger partial charge in [-0.1, -0.05) is 32.9 Å². The maximum atomic E-state index is 11.8. The fourth-order valence-corrected chi connectivity index (χ4v) is 1.83. The number of carbonyl (C=O) groups is 1. The zero-order valence-electron chi connectivity index (χ0n) is 12.8. The first-order valence-corrected chi connectivity index (χ1v) is 6.93. The molecule has 22 heavy (non-hydrogen) atoms. The van der Waals surface area contributed by atoms with Crippen LogP contribution in [0, 0.1) is 0 Å². The number of rotatable bonds is 4. The first-order valence-electron chi connectivity index (χ1n) is 6.93. The van der Waals surface area contributed by atoms with Crippen molar-refractivity contribution in [1.29, 1.82) is 0 Å². The van der Waals surface area contributed by atoms with E-state index in [0.717, 1.165) is 0 Å². The molecule has 0 aliphatic heterocycles. The van der Waals surface area contributed by atoms with E-state index in [9.17, 15) is 9.59 Å². The third-order valence-electron chi connectivity index (χ3n) is 3.04. The van der Waals surface area contributed by atoms with Crippen LogP contribution in [0.4, 0.5) is 5.69 Å². The minimum absolute atomic E-state index is 0.0683. The van der Waals surface area contributed by atoms with Crippen LogP contribution in [0.15, 0.2) is 41.3 Å². The van der Waals surface area contributed by atoms with Crippen LogP contribution in [0.1, 0.15) is 26.3 Å². The lowest BCUT2D eigenvalue weighted by Gasteiger charge is -2.19. The minimum atomic E-state index is -0.518. The molecule has 0 bridgehead atoms. The van der Waals surface area contributed by atoms with Gasteiger partial charge in [0.15, 0.2) is 12.5 Å². The molecule has 1 amide bonds. The number of H-pyrrole nitrogens is 1. The molecule has 2 N–H and O–H groups in total. The molecule has 0 aliphatic carbocycles. The fraction of sp³-hybridized carbons (Fsp3) is 0.312. The van der Waals surface area contributed by atoms with E-state index in [2.05, 4.69) is 36.1 Å². The highest BCUT2D eigenvalue weighted by atomic mass is 16.5. The number of amides is 1. The van der Waals surface area contributed by atoms with E-state index in [1.807, 2.05) is 24.3 Å². The molecule has 2 aromatic rings. The van der Waals surface area contributed by atoms with Gasteiger partial charge in [-0.3, -0.25) is 9.78 Å². The van der Waals surface area contributed by atoms with Gasteiger partial charge in [0, 0.05) is 18.0 Å². The van der Waals surface area contributed by atoms with Crippen molar-refractivity contribution in [2.45, 2.75) is 26.2 Å². The Hall–Kier alpha value is -2.63. The van der Waals surface area contributed by atoms with E-state index in [1.165, 1.54) is 17.8 Å². The molecular weight excluding hydrogens is 282 g/mol. The van der Waals surface area contributed by atoms with Crippen molar-refractivity contribution in [3.05, 3.63) is 52.6 Å². The van der Waals surface area contributed by atoms with Gasteiger partial charge in [0.2, 0.25) is 0 Å². The molecule has 1 aromatic carbocycles. The van der Waals surface area contributed by atoms with Crippen LogP contribution in [-0.4, -0.2) is 22.5 Å². The van der Waals surface area contributed by atoms with E-state index in [-0.39, 0.29) is 23.8 Å². The van der Waals surface area contributed by atoms with Crippen molar-refractivity contribution in [2.24, 2.45) is 0 Å². The van der Waals surface area contributed by atoms with Crippen molar-refractivity contribution in [3.63, 3.8) is 0 Å². The summed E-state index contributed by atoms with van der Waals surface area (Å²) in [7, 11) is 0. The lowest BCUT2D eigenvalue weighted by Crippen LogP contribution is -2.21. The Bertz CT molecular complexity index is 700. The predicted octanol–water partition coefficient (Wildman–Crippen LogP) is 2.08. The summed E-state index contributed by atoms with van der Waals surface area (Å²) in [5.41, 5.74) is 1.44. The average Bonchev–Trinajstić information content (AvgIpc) is 2.45. The number of nitrogens with zero attached hydrogens (tertiary/aromatic N) is 1. The monoisotopic (exact) mass is 301 g/mol. The first-order chi connectivity index (χ1) is 10.3. The molecule has 0 atom stereocenters. The Morgan fingerprint density at radius 2 is 1.91 bits per heavy atom. The molecule has 0 radical (unpaired) electrons. The largest absolute Gasteiger partial charge is 0.469 e. The lowest BCUT2D eigenvalue weighted by molar-refractivity contribution is -0.118. The number of aromatic amines is 1. The molecule has 2 rings (SSSR count). The number of hydrogen-bond donors (Lipinski definition) is 2. The van der Waals surface area contributed by atoms with Crippen LogP contribution in [0.3, 0.4) is 0 Å². The van der Waals surface area contributed by atoms with E-state index < -0.39 is 5.69 Å². The second-order valence-electron chi connectivity index (χ2n) is 5.90. The van der Waals surface area contributed by atoms with E-state index in [4.69, 9.17) is 4.74 Å². The highest BCUT2D eigenvalue weighted by Crippen LogP contribution is 2.23. The predicted molar refractivity (Wildman–Crippen MR) is 84.1 cm³/mol. The summed E-state index contributed by atoms with van der Waals surface area (Å²) in [5, 5.41) is 2.73. The molecule has 1 heterocycles. The maximum Gasteiger partial charge on any atom is 0.347 e. The third kappa shape index (κ3) is 4.44. The van der Waals surface area contributed by atoms with Crippen LogP contribution < -0.4 is 15.7 Å². The van der Waals surface area contributed by atoms with Crippen LogP contribution in [0.2, 0.25) is 0 Å². The number of ether oxygens (including phenoxy) is 1. The molecule has 0 aliphatic rings. The van der Waals surface area contributed by atoms with Gasteiger partial charge in [0.25, 0.3) is 5.91 Å². The van der Waals surface area contributed by atoms with Gasteiger partial charge in [0.1, 0.15) is 0 Å². The molecule has 6 heteroatoms. The summed E-state index contributed by atoms with van der Waals surface area (Å²) in [4.78, 5) is 28.7. The van der Waals surface area contributed by atoms with Gasteiger partial charge >= 0.3 is 5.69 Å². The van der Waals surface area contributed by atoms with Crippen LogP contribution in [0.5, 0.6) is 5.88 Å². The molecular formula is C16H19N3O3. The fourth-order valence-electron chi connectivity index (χ4n) is 1.83. The number of nitrogens with one attached hydrogen (secondary N) is 2. The molecule has 0 unspecified atom stereocenters. The third-order valence-corrected chi connectivity index (χ3v) is 3.04. The van der Waals surface area contributed by atoms with Crippen molar-refractivity contribution in [2.75, 3.05) is 11.9 Å². The van der Waals surface area contributed by atoms with Gasteiger partial charge in [-0.05, 0) is 23.1 Å². The van der Waals surface area contributed by atoms with Crippen LogP contribution in [-0.2, 0) is 10.2 Å². The normalized spacial score (nSPS) is 11.0. The highest BCUT2D eigenvalue weighted by Gasteiger charge is 2.13. The topological polar surface area (TPSA) is 84.1 Å². The molecule has 116 valence electrons. The summed E-state index contributed by atoms with van der Waals surface area (Å²) in [5.74, 6) is -0.0978.